The maximum atomic E-state index is 13.3. The first kappa shape index (κ1) is 20.0. The lowest BCUT2D eigenvalue weighted by Crippen LogP contribution is -2.38. The Hall–Kier alpha value is -4.26. The number of carbonyl (C=O) groups is 2. The van der Waals surface area contributed by atoms with Crippen LogP contribution in [0.3, 0.4) is 0 Å². The third-order valence-corrected chi connectivity index (χ3v) is 4.90. The number of aromatic nitrogens is 2. The monoisotopic (exact) mass is 414 g/mol. The number of amides is 1. The molecule has 2 aromatic heterocycles. The van der Waals surface area contributed by atoms with Crippen LogP contribution < -0.4 is 10.3 Å². The lowest BCUT2D eigenvalue weighted by Gasteiger charge is -2.16. The van der Waals surface area contributed by atoms with Crippen molar-refractivity contribution in [2.75, 3.05) is 7.11 Å². The Morgan fingerprint density at radius 3 is 2.42 bits per heavy atom. The second-order valence-corrected chi connectivity index (χ2v) is 6.81. The van der Waals surface area contributed by atoms with Gasteiger partial charge in [-0.05, 0) is 6.07 Å². The van der Waals surface area contributed by atoms with Crippen molar-refractivity contribution >= 4 is 22.8 Å². The van der Waals surface area contributed by atoms with E-state index in [9.17, 15) is 14.7 Å². The van der Waals surface area contributed by atoms with Crippen LogP contribution in [0, 0.1) is 0 Å². The van der Waals surface area contributed by atoms with Crippen LogP contribution in [0.2, 0.25) is 0 Å². The van der Waals surface area contributed by atoms with E-state index in [1.165, 1.54) is 7.11 Å². The van der Waals surface area contributed by atoms with Crippen LogP contribution in [-0.4, -0.2) is 29.1 Å². The van der Waals surface area contributed by atoms with Gasteiger partial charge >= 0.3 is 5.97 Å². The molecule has 2 heterocycles. The summed E-state index contributed by atoms with van der Waals surface area (Å²) in [7, 11) is 1.25. The normalized spacial score (nSPS) is 11.6. The number of nitrogens with zero attached hydrogens (tertiary/aromatic N) is 1. The molecule has 0 spiro atoms. The molecule has 7 heteroatoms. The van der Waals surface area contributed by atoms with Crippen molar-refractivity contribution in [3.63, 3.8) is 0 Å². The highest BCUT2D eigenvalue weighted by atomic mass is 16.5. The van der Waals surface area contributed by atoms with Crippen molar-refractivity contribution in [3.05, 3.63) is 90.3 Å². The summed E-state index contributed by atoms with van der Waals surface area (Å²) in [4.78, 5) is 33.2. The number of aromatic hydroxyl groups is 1. The Kier molecular flexibility index (Phi) is 5.57. The van der Waals surface area contributed by atoms with Gasteiger partial charge < -0.3 is 15.2 Å². The van der Waals surface area contributed by atoms with Gasteiger partial charge in [0.2, 0.25) is 11.7 Å². The topological polar surface area (TPSA) is 103 Å². The number of nitrogens with one attached hydrogen (secondary N) is 2. The molecular weight excluding hydrogens is 394 g/mol. The van der Waals surface area contributed by atoms with Crippen molar-refractivity contribution in [1.82, 2.24) is 10.3 Å². The second-order valence-electron chi connectivity index (χ2n) is 6.81. The summed E-state index contributed by atoms with van der Waals surface area (Å²) in [5, 5.41) is 14.2. The summed E-state index contributed by atoms with van der Waals surface area (Å²) >= 11 is 0. The van der Waals surface area contributed by atoms with Crippen molar-refractivity contribution in [2.45, 2.75) is 6.04 Å². The van der Waals surface area contributed by atoms with E-state index in [0.29, 0.717) is 22.2 Å². The zero-order valence-electron chi connectivity index (χ0n) is 16.7. The van der Waals surface area contributed by atoms with Crippen LogP contribution in [0.15, 0.2) is 79.0 Å². The van der Waals surface area contributed by atoms with Gasteiger partial charge in [-0.25, -0.2) is 14.8 Å². The van der Waals surface area contributed by atoms with E-state index in [2.05, 4.69) is 15.3 Å². The van der Waals surface area contributed by atoms with Gasteiger partial charge in [0.25, 0.3) is 5.91 Å². The third kappa shape index (κ3) is 3.93. The predicted molar refractivity (Wildman–Crippen MR) is 114 cm³/mol. The number of ether oxygens (including phenoxy) is 1. The van der Waals surface area contributed by atoms with Crippen molar-refractivity contribution < 1.29 is 24.4 Å². The molecule has 2 aromatic carbocycles. The van der Waals surface area contributed by atoms with Crippen LogP contribution in [0.1, 0.15) is 22.1 Å². The van der Waals surface area contributed by atoms with E-state index in [4.69, 9.17) is 4.74 Å². The van der Waals surface area contributed by atoms with E-state index < -0.39 is 17.9 Å². The number of fused-ring (bicyclic) bond motifs is 1. The number of aromatic amines is 1. The minimum atomic E-state index is -1.08. The zero-order chi connectivity index (χ0) is 21.8. The van der Waals surface area contributed by atoms with E-state index in [1.807, 2.05) is 18.2 Å². The van der Waals surface area contributed by atoms with Crippen molar-refractivity contribution in [2.24, 2.45) is 0 Å². The van der Waals surface area contributed by atoms with Gasteiger partial charge in [-0.15, -0.1) is 0 Å². The van der Waals surface area contributed by atoms with Crippen LogP contribution in [0.4, 0.5) is 0 Å². The number of benzene rings is 2. The Morgan fingerprint density at radius 1 is 1.00 bits per heavy atom. The molecule has 0 bridgehead atoms. The number of H-pyrrole nitrogens is 1. The number of rotatable bonds is 5. The van der Waals surface area contributed by atoms with E-state index >= 15 is 0 Å². The Balaban J connectivity index is 1.83. The quantitative estimate of drug-likeness (QED) is 0.489. The number of pyridine rings is 2. The fraction of sp³-hybridized carbons (Fsp3) is 0.0833. The minimum Gasteiger partial charge on any atom is -0.505 e. The summed E-state index contributed by atoms with van der Waals surface area (Å²) in [6.45, 7) is 0. The van der Waals surface area contributed by atoms with Crippen LogP contribution >= 0.6 is 0 Å². The third-order valence-electron chi connectivity index (χ3n) is 4.90. The minimum absolute atomic E-state index is 0.0364. The van der Waals surface area contributed by atoms with Gasteiger partial charge in [0.15, 0.2) is 11.9 Å². The highest BCUT2D eigenvalue weighted by Crippen LogP contribution is 2.35. The summed E-state index contributed by atoms with van der Waals surface area (Å²) in [5.41, 5.74) is 1.98. The molecule has 0 aliphatic carbocycles. The Morgan fingerprint density at radius 2 is 1.71 bits per heavy atom. The second kappa shape index (κ2) is 8.62. The van der Waals surface area contributed by atoms with E-state index in [1.54, 1.807) is 60.8 Å². The molecule has 3 N–H and O–H groups in total. The lowest BCUT2D eigenvalue weighted by atomic mass is 10.0. The molecule has 0 aliphatic heterocycles. The molecule has 1 atom stereocenters. The lowest BCUT2D eigenvalue weighted by molar-refractivity contribution is -0.392. The average Bonchev–Trinajstić information content (AvgIpc) is 2.82. The molecule has 0 saturated carbocycles. The number of methoxy groups -OCH3 is 1. The Bertz CT molecular complexity index is 1240. The number of hydrogen-bond acceptors (Lipinski definition) is 5. The van der Waals surface area contributed by atoms with Crippen molar-refractivity contribution in [1.29, 1.82) is 0 Å². The van der Waals surface area contributed by atoms with Gasteiger partial charge in [-0.2, -0.15) is 0 Å². The summed E-state index contributed by atoms with van der Waals surface area (Å²) in [6, 6.07) is 20.2. The fourth-order valence-electron chi connectivity index (χ4n) is 3.40. The van der Waals surface area contributed by atoms with Gasteiger partial charge in [-0.3, -0.25) is 4.79 Å². The number of esters is 1. The molecule has 0 aliphatic rings. The van der Waals surface area contributed by atoms with Crippen LogP contribution in [0.5, 0.6) is 5.75 Å². The summed E-state index contributed by atoms with van der Waals surface area (Å²) in [6.07, 6.45) is 1.64. The molecule has 1 unspecified atom stereocenters. The number of para-hydroxylation sites is 1. The van der Waals surface area contributed by atoms with Gasteiger partial charge in [0.05, 0.1) is 18.2 Å². The molecule has 154 valence electrons. The molecular formula is C24H20N3O4+. The Labute approximate surface area is 178 Å². The number of hydrogen-bond donors (Lipinski definition) is 2. The first-order valence-electron chi connectivity index (χ1n) is 9.62. The number of carbonyl (C=O) groups excluding carboxylic acids is 2. The highest BCUT2D eigenvalue weighted by molar-refractivity contribution is 6.11. The van der Waals surface area contributed by atoms with Crippen LogP contribution in [0.25, 0.3) is 22.2 Å². The molecule has 31 heavy (non-hydrogen) atoms. The van der Waals surface area contributed by atoms with Gasteiger partial charge in [0, 0.05) is 23.1 Å². The van der Waals surface area contributed by atoms with Gasteiger partial charge in [0.1, 0.15) is 5.69 Å². The maximum absolute atomic E-state index is 13.3. The average molecular weight is 414 g/mol. The first-order valence-corrected chi connectivity index (χ1v) is 9.62. The maximum Gasteiger partial charge on any atom is 0.339 e. The first-order chi connectivity index (χ1) is 15.1. The molecule has 4 rings (SSSR count). The molecule has 0 fully saturated rings. The molecule has 4 aromatic rings. The standard InChI is InChI=1S/C24H19N3O4/c1-31-24(30)21(18-13-7-8-14-25-18)27-23(29)19-16-11-5-6-12-17(16)26-20(22(19)28)15-9-3-2-4-10-15/h2-14,21,28H,1H3,(H,27,29)/p+1. The van der Waals surface area contributed by atoms with Gasteiger partial charge in [-0.1, -0.05) is 54.6 Å². The van der Waals surface area contributed by atoms with Crippen LogP contribution in [-0.2, 0) is 9.53 Å². The predicted octanol–water partition coefficient (Wildman–Crippen LogP) is 3.07. The fourth-order valence-corrected chi connectivity index (χ4v) is 3.40. The molecule has 1 amide bonds. The molecule has 7 nitrogen and oxygen atoms in total. The molecule has 0 saturated heterocycles. The highest BCUT2D eigenvalue weighted by Gasteiger charge is 2.31. The van der Waals surface area contributed by atoms with E-state index in [0.717, 1.165) is 0 Å². The smallest absolute Gasteiger partial charge is 0.339 e. The van der Waals surface area contributed by atoms with E-state index in [-0.39, 0.29) is 17.0 Å². The largest absolute Gasteiger partial charge is 0.505 e. The molecule has 0 radical (unpaired) electrons. The SMILES string of the molecule is COC(=O)C(NC(=O)c1c(O)c(-c2ccccc2)nc2ccccc12)c1cccc[nH+]1. The zero-order valence-corrected chi connectivity index (χ0v) is 16.7. The summed E-state index contributed by atoms with van der Waals surface area (Å²) in [5.74, 6) is -1.53. The summed E-state index contributed by atoms with van der Waals surface area (Å²) < 4.78 is 4.87. The van der Waals surface area contributed by atoms with Crippen molar-refractivity contribution in [3.8, 4) is 17.0 Å².